The first kappa shape index (κ1) is 16.6. The molecule has 4 aromatic rings. The van der Waals surface area contributed by atoms with Gasteiger partial charge in [0.05, 0.1) is 17.1 Å². The topological polar surface area (TPSA) is 43.6 Å². The van der Waals surface area contributed by atoms with E-state index in [1.165, 1.54) is 34.6 Å². The van der Waals surface area contributed by atoms with Gasteiger partial charge in [-0.3, -0.25) is 0 Å². The van der Waals surface area contributed by atoms with Crippen molar-refractivity contribution < 1.29 is 4.39 Å². The first-order valence-electron chi connectivity index (χ1n) is 8.24. The lowest BCUT2D eigenvalue weighted by molar-refractivity contribution is 0.624. The Morgan fingerprint density at radius 3 is 2.69 bits per heavy atom. The highest BCUT2D eigenvalue weighted by Gasteiger charge is 2.17. The van der Waals surface area contributed by atoms with Gasteiger partial charge in [0.1, 0.15) is 16.5 Å². The van der Waals surface area contributed by atoms with Crippen molar-refractivity contribution in [1.29, 1.82) is 0 Å². The monoisotopic (exact) mass is 364 g/mol. The third-order valence-electron chi connectivity index (χ3n) is 4.32. The fourth-order valence-corrected chi connectivity index (χ4v) is 3.75. The van der Waals surface area contributed by atoms with Crippen molar-refractivity contribution in [2.75, 3.05) is 0 Å². The standard InChI is InChI=1S/C20H17FN4S/c1-12-7-8-13(2)17(9-12)18-11-26-20(22-18)19-14(3)25(24-23-19)16-6-4-5-15(21)10-16/h4-11H,1-3H3. The van der Waals surface area contributed by atoms with Gasteiger partial charge < -0.3 is 0 Å². The molecule has 0 amide bonds. The van der Waals surface area contributed by atoms with Crippen LogP contribution in [0.4, 0.5) is 4.39 Å². The van der Waals surface area contributed by atoms with E-state index >= 15 is 0 Å². The number of aryl methyl sites for hydroxylation is 2. The van der Waals surface area contributed by atoms with Gasteiger partial charge in [0.15, 0.2) is 0 Å². The molecule has 0 spiro atoms. The Bertz CT molecular complexity index is 1100. The predicted octanol–water partition coefficient (Wildman–Crippen LogP) is 5.12. The number of aromatic nitrogens is 4. The third kappa shape index (κ3) is 2.93. The van der Waals surface area contributed by atoms with E-state index in [1.54, 1.807) is 16.8 Å². The zero-order chi connectivity index (χ0) is 18.3. The molecule has 0 radical (unpaired) electrons. The summed E-state index contributed by atoms with van der Waals surface area (Å²) in [5.74, 6) is -0.301. The largest absolute Gasteiger partial charge is 0.234 e. The van der Waals surface area contributed by atoms with Crippen LogP contribution in [0.3, 0.4) is 0 Å². The predicted molar refractivity (Wildman–Crippen MR) is 102 cm³/mol. The van der Waals surface area contributed by atoms with Gasteiger partial charge in [-0.25, -0.2) is 14.1 Å². The molecule has 0 aliphatic carbocycles. The Hall–Kier alpha value is -2.86. The summed E-state index contributed by atoms with van der Waals surface area (Å²) < 4.78 is 15.1. The number of thiazole rings is 1. The van der Waals surface area contributed by atoms with Crippen LogP contribution in [0.2, 0.25) is 0 Å². The molecule has 4 nitrogen and oxygen atoms in total. The number of benzene rings is 2. The van der Waals surface area contributed by atoms with Crippen molar-refractivity contribution >= 4 is 11.3 Å². The molecule has 2 aromatic carbocycles. The summed E-state index contributed by atoms with van der Waals surface area (Å²) in [6.45, 7) is 6.07. The summed E-state index contributed by atoms with van der Waals surface area (Å²) in [5, 5.41) is 11.3. The van der Waals surface area contributed by atoms with Crippen LogP contribution in [-0.4, -0.2) is 20.0 Å². The maximum absolute atomic E-state index is 13.5. The maximum Gasteiger partial charge on any atom is 0.146 e. The molecule has 0 bridgehead atoms. The van der Waals surface area contributed by atoms with E-state index in [0.29, 0.717) is 5.69 Å². The molecule has 130 valence electrons. The van der Waals surface area contributed by atoms with Gasteiger partial charge in [0.2, 0.25) is 0 Å². The Morgan fingerprint density at radius 2 is 1.88 bits per heavy atom. The highest BCUT2D eigenvalue weighted by Crippen LogP contribution is 2.31. The van der Waals surface area contributed by atoms with Crippen LogP contribution in [0.5, 0.6) is 0 Å². The molecule has 0 aliphatic rings. The molecular formula is C20H17FN4S. The molecule has 0 unspecified atom stereocenters. The van der Waals surface area contributed by atoms with E-state index in [9.17, 15) is 4.39 Å². The quantitative estimate of drug-likeness (QED) is 0.507. The van der Waals surface area contributed by atoms with Crippen LogP contribution in [0, 0.1) is 26.6 Å². The zero-order valence-electron chi connectivity index (χ0n) is 14.7. The molecule has 2 aromatic heterocycles. The van der Waals surface area contributed by atoms with Crippen molar-refractivity contribution in [3.63, 3.8) is 0 Å². The lowest BCUT2D eigenvalue weighted by Crippen LogP contribution is -1.99. The van der Waals surface area contributed by atoms with Gasteiger partial charge in [-0.15, -0.1) is 16.4 Å². The van der Waals surface area contributed by atoms with E-state index in [2.05, 4.69) is 42.4 Å². The number of nitrogens with zero attached hydrogens (tertiary/aromatic N) is 4. The Morgan fingerprint density at radius 1 is 1.04 bits per heavy atom. The minimum atomic E-state index is -0.301. The van der Waals surface area contributed by atoms with E-state index in [1.807, 2.05) is 12.3 Å². The van der Waals surface area contributed by atoms with Crippen LogP contribution in [0.25, 0.3) is 27.6 Å². The summed E-state index contributed by atoms with van der Waals surface area (Å²) in [5.41, 5.74) is 6.65. The third-order valence-corrected chi connectivity index (χ3v) is 5.17. The van der Waals surface area contributed by atoms with Crippen molar-refractivity contribution in [2.24, 2.45) is 0 Å². The maximum atomic E-state index is 13.5. The summed E-state index contributed by atoms with van der Waals surface area (Å²) >= 11 is 1.54. The Kier molecular flexibility index (Phi) is 4.12. The molecule has 0 atom stereocenters. The van der Waals surface area contributed by atoms with E-state index < -0.39 is 0 Å². The van der Waals surface area contributed by atoms with Crippen molar-refractivity contribution in [2.45, 2.75) is 20.8 Å². The number of hydrogen-bond acceptors (Lipinski definition) is 4. The molecule has 0 saturated carbocycles. The van der Waals surface area contributed by atoms with E-state index in [4.69, 9.17) is 4.98 Å². The Balaban J connectivity index is 1.74. The van der Waals surface area contributed by atoms with Gasteiger partial charge in [0.25, 0.3) is 0 Å². The van der Waals surface area contributed by atoms with Crippen LogP contribution >= 0.6 is 11.3 Å². The van der Waals surface area contributed by atoms with Crippen molar-refractivity contribution in [3.05, 3.63) is 70.5 Å². The van der Waals surface area contributed by atoms with Crippen molar-refractivity contribution in [3.8, 4) is 27.6 Å². The van der Waals surface area contributed by atoms with Gasteiger partial charge in [-0.2, -0.15) is 0 Å². The summed E-state index contributed by atoms with van der Waals surface area (Å²) in [6.07, 6.45) is 0. The second-order valence-corrected chi connectivity index (χ2v) is 7.13. The van der Waals surface area contributed by atoms with Crippen LogP contribution in [-0.2, 0) is 0 Å². The van der Waals surface area contributed by atoms with Crippen molar-refractivity contribution in [1.82, 2.24) is 20.0 Å². The summed E-state index contributed by atoms with van der Waals surface area (Å²) in [4.78, 5) is 4.77. The number of halogens is 1. The molecule has 2 heterocycles. The zero-order valence-corrected chi connectivity index (χ0v) is 15.5. The lowest BCUT2D eigenvalue weighted by Gasteiger charge is -2.04. The molecule has 0 aliphatic heterocycles. The van der Waals surface area contributed by atoms with E-state index in [-0.39, 0.29) is 5.82 Å². The summed E-state index contributed by atoms with van der Waals surface area (Å²) in [7, 11) is 0. The average Bonchev–Trinajstić information content (AvgIpc) is 3.23. The summed E-state index contributed by atoms with van der Waals surface area (Å²) in [6, 6.07) is 12.7. The van der Waals surface area contributed by atoms with Crippen LogP contribution in [0.1, 0.15) is 16.8 Å². The molecule has 0 N–H and O–H groups in total. The first-order valence-corrected chi connectivity index (χ1v) is 9.12. The van der Waals surface area contributed by atoms with E-state index in [0.717, 1.165) is 27.7 Å². The van der Waals surface area contributed by atoms with Crippen LogP contribution < -0.4 is 0 Å². The SMILES string of the molecule is Cc1ccc(C)c(-c2csc(-c3nnn(-c4cccc(F)c4)c3C)n2)c1. The molecule has 26 heavy (non-hydrogen) atoms. The van der Waals surface area contributed by atoms with Gasteiger partial charge in [0, 0.05) is 10.9 Å². The highest BCUT2D eigenvalue weighted by molar-refractivity contribution is 7.13. The van der Waals surface area contributed by atoms with Gasteiger partial charge >= 0.3 is 0 Å². The lowest BCUT2D eigenvalue weighted by atomic mass is 10.0. The smallest absolute Gasteiger partial charge is 0.146 e. The molecule has 0 saturated heterocycles. The highest BCUT2D eigenvalue weighted by atomic mass is 32.1. The van der Waals surface area contributed by atoms with Gasteiger partial charge in [-0.1, -0.05) is 29.0 Å². The molecule has 4 rings (SSSR count). The number of rotatable bonds is 3. The Labute approximate surface area is 155 Å². The second-order valence-electron chi connectivity index (χ2n) is 6.27. The minimum Gasteiger partial charge on any atom is -0.234 e. The molecule has 0 fully saturated rings. The molecular weight excluding hydrogens is 347 g/mol. The fourth-order valence-electron chi connectivity index (χ4n) is 2.90. The first-order chi connectivity index (χ1) is 12.5. The normalized spacial score (nSPS) is 11.1. The molecule has 6 heteroatoms. The van der Waals surface area contributed by atoms with Gasteiger partial charge in [-0.05, 0) is 50.6 Å². The average molecular weight is 364 g/mol. The number of hydrogen-bond donors (Lipinski definition) is 0. The minimum absolute atomic E-state index is 0.301. The van der Waals surface area contributed by atoms with Crippen LogP contribution in [0.15, 0.2) is 47.8 Å². The second kappa shape index (κ2) is 6.46. The fraction of sp³-hybridized carbons (Fsp3) is 0.150.